The predicted octanol–water partition coefficient (Wildman–Crippen LogP) is 2.22. The molecule has 0 aliphatic carbocycles. The molecule has 1 amide bonds. The van der Waals surface area contributed by atoms with Gasteiger partial charge in [-0.2, -0.15) is 0 Å². The lowest BCUT2D eigenvalue weighted by Crippen LogP contribution is -2.43. The normalized spacial score (nSPS) is 28.9. The number of carbonyl (C=O) groups is 1. The maximum atomic E-state index is 13.6. The first-order valence-electron chi connectivity index (χ1n) is 9.83. The minimum Gasteiger partial charge on any atom is -0.454 e. The number of fused-ring (bicyclic) bond motifs is 1. The molecule has 0 radical (unpaired) electrons. The average Bonchev–Trinajstić information content (AvgIpc) is 3.37. The lowest BCUT2D eigenvalue weighted by atomic mass is 9.88. The number of aliphatic hydroxyl groups is 1. The summed E-state index contributed by atoms with van der Waals surface area (Å²) >= 11 is 0. The fourth-order valence-corrected chi connectivity index (χ4v) is 4.70. The van der Waals surface area contributed by atoms with Crippen LogP contribution < -0.4 is 9.47 Å². The molecule has 2 fully saturated rings. The summed E-state index contributed by atoms with van der Waals surface area (Å²) in [5, 5.41) is 10.0. The molecule has 4 rings (SSSR count). The molecule has 3 aliphatic rings. The lowest BCUT2D eigenvalue weighted by molar-refractivity contribution is 0.00885. The van der Waals surface area contributed by atoms with Crippen LogP contribution in [0.3, 0.4) is 0 Å². The summed E-state index contributed by atoms with van der Waals surface area (Å²) < 4.78 is 37.8. The summed E-state index contributed by atoms with van der Waals surface area (Å²) in [5.41, 5.74) is 0.478. The van der Waals surface area contributed by atoms with Crippen LogP contribution in [0.4, 0.5) is 8.78 Å². The Bertz CT molecular complexity index is 745. The second-order valence-electron chi connectivity index (χ2n) is 7.95. The van der Waals surface area contributed by atoms with E-state index in [1.54, 1.807) is 28.0 Å². The monoisotopic (exact) mass is 396 g/mol. The van der Waals surface area contributed by atoms with Crippen molar-refractivity contribution < 1.29 is 28.2 Å². The maximum absolute atomic E-state index is 13.6. The van der Waals surface area contributed by atoms with Crippen molar-refractivity contribution >= 4 is 5.91 Å². The molecule has 0 saturated carbocycles. The fourth-order valence-electron chi connectivity index (χ4n) is 4.70. The van der Waals surface area contributed by atoms with Gasteiger partial charge in [-0.1, -0.05) is 13.3 Å². The van der Waals surface area contributed by atoms with Crippen molar-refractivity contribution in [3.8, 4) is 11.5 Å². The number of hydrogen-bond acceptors (Lipinski definition) is 5. The fraction of sp³-hybridized carbons (Fsp3) is 0.650. The van der Waals surface area contributed by atoms with Gasteiger partial charge in [-0.15, -0.1) is 0 Å². The highest BCUT2D eigenvalue weighted by molar-refractivity contribution is 5.95. The minimum absolute atomic E-state index is 0.0261. The number of likely N-dealkylation sites (tertiary alicyclic amines) is 2. The van der Waals surface area contributed by atoms with Crippen molar-refractivity contribution in [1.29, 1.82) is 0 Å². The molecule has 3 aliphatic heterocycles. The molecule has 8 heteroatoms. The van der Waals surface area contributed by atoms with E-state index in [1.807, 2.05) is 6.92 Å². The van der Waals surface area contributed by atoms with E-state index in [1.165, 1.54) is 0 Å². The van der Waals surface area contributed by atoms with E-state index < -0.39 is 5.92 Å². The van der Waals surface area contributed by atoms with Crippen molar-refractivity contribution in [3.63, 3.8) is 0 Å². The molecule has 6 nitrogen and oxygen atoms in total. The number of aliphatic hydroxyl groups excluding tert-OH is 1. The zero-order valence-corrected chi connectivity index (χ0v) is 15.9. The van der Waals surface area contributed by atoms with Gasteiger partial charge in [-0.05, 0) is 30.0 Å². The van der Waals surface area contributed by atoms with Crippen LogP contribution in [0.5, 0.6) is 11.5 Å². The van der Waals surface area contributed by atoms with E-state index in [-0.39, 0.29) is 50.2 Å². The Morgan fingerprint density at radius 1 is 1.32 bits per heavy atom. The first-order valence-corrected chi connectivity index (χ1v) is 9.83. The topological polar surface area (TPSA) is 62.2 Å². The molecule has 3 heterocycles. The molecule has 1 aromatic rings. The van der Waals surface area contributed by atoms with Crippen LogP contribution in [0.2, 0.25) is 0 Å². The van der Waals surface area contributed by atoms with Gasteiger partial charge >= 0.3 is 0 Å². The Morgan fingerprint density at radius 2 is 2.11 bits per heavy atom. The number of nitrogens with zero attached hydrogens (tertiary/aromatic N) is 2. The number of hydrogen-bond donors (Lipinski definition) is 1. The molecule has 1 N–H and O–H groups in total. The molecular weight excluding hydrogens is 370 g/mol. The molecular formula is C20H26F2N2O4. The maximum Gasteiger partial charge on any atom is 0.261 e. The van der Waals surface area contributed by atoms with E-state index >= 15 is 0 Å². The van der Waals surface area contributed by atoms with Gasteiger partial charge in [0.1, 0.15) is 0 Å². The molecule has 0 bridgehead atoms. The number of halogens is 2. The summed E-state index contributed by atoms with van der Waals surface area (Å²) in [6.07, 6.45) is 0.705. The van der Waals surface area contributed by atoms with E-state index in [0.29, 0.717) is 36.7 Å². The third-order valence-electron chi connectivity index (χ3n) is 6.24. The van der Waals surface area contributed by atoms with Gasteiger partial charge in [-0.25, -0.2) is 8.78 Å². The number of alkyl halides is 2. The Hall–Kier alpha value is -1.93. The van der Waals surface area contributed by atoms with Crippen LogP contribution in [0.15, 0.2) is 18.2 Å². The zero-order chi connectivity index (χ0) is 19.9. The Balaban J connectivity index is 1.52. The number of rotatable bonds is 5. The van der Waals surface area contributed by atoms with Crippen LogP contribution in [0.25, 0.3) is 0 Å². The van der Waals surface area contributed by atoms with E-state index in [2.05, 4.69) is 0 Å². The molecule has 0 spiro atoms. The van der Waals surface area contributed by atoms with Crippen LogP contribution in [-0.4, -0.2) is 72.4 Å². The van der Waals surface area contributed by atoms with E-state index in [9.17, 15) is 18.7 Å². The lowest BCUT2D eigenvalue weighted by Gasteiger charge is -2.30. The number of benzene rings is 1. The minimum atomic E-state index is -2.64. The second-order valence-corrected chi connectivity index (χ2v) is 7.95. The average molecular weight is 396 g/mol. The Kier molecular flexibility index (Phi) is 5.18. The van der Waals surface area contributed by atoms with Gasteiger partial charge in [0.15, 0.2) is 11.5 Å². The standard InChI is InChI=1S/C20H26F2N2O4/c1-2-13-8-24(19(26)14-3-4-17-18(7-14)28-12-27-17)16(10-25)15(13)9-23-6-5-20(21,22)11-23/h3-4,7,13,15-16,25H,2,5-6,8-12H2,1H3/t13-,15-,16-/m1/s1. The molecule has 3 atom stereocenters. The first-order chi connectivity index (χ1) is 13.4. The number of ether oxygens (including phenoxy) is 2. The van der Waals surface area contributed by atoms with Crippen LogP contribution in [-0.2, 0) is 0 Å². The third-order valence-corrected chi connectivity index (χ3v) is 6.24. The summed E-state index contributed by atoms with van der Waals surface area (Å²) in [7, 11) is 0. The van der Waals surface area contributed by atoms with Gasteiger partial charge in [0, 0.05) is 31.6 Å². The third kappa shape index (κ3) is 3.55. The van der Waals surface area contributed by atoms with Crippen molar-refractivity contribution in [1.82, 2.24) is 9.80 Å². The molecule has 28 heavy (non-hydrogen) atoms. The van der Waals surface area contributed by atoms with Crippen LogP contribution >= 0.6 is 0 Å². The van der Waals surface area contributed by atoms with E-state index in [0.717, 1.165) is 6.42 Å². The van der Waals surface area contributed by atoms with E-state index in [4.69, 9.17) is 9.47 Å². The largest absolute Gasteiger partial charge is 0.454 e. The van der Waals surface area contributed by atoms with Gasteiger partial charge in [0.25, 0.3) is 11.8 Å². The van der Waals surface area contributed by atoms with Crippen molar-refractivity contribution in [2.24, 2.45) is 11.8 Å². The summed E-state index contributed by atoms with van der Waals surface area (Å²) in [6, 6.07) is 4.69. The smallest absolute Gasteiger partial charge is 0.261 e. The summed E-state index contributed by atoms with van der Waals surface area (Å²) in [5.74, 6) is -1.53. The molecule has 154 valence electrons. The number of carbonyl (C=O) groups excluding carboxylic acids is 1. The van der Waals surface area contributed by atoms with Crippen LogP contribution in [0, 0.1) is 11.8 Å². The molecule has 0 unspecified atom stereocenters. The van der Waals surface area contributed by atoms with Gasteiger partial charge in [-0.3, -0.25) is 9.69 Å². The summed E-state index contributed by atoms with van der Waals surface area (Å²) in [6.45, 7) is 3.11. The van der Waals surface area contributed by atoms with Crippen LogP contribution in [0.1, 0.15) is 30.1 Å². The van der Waals surface area contributed by atoms with Crippen molar-refractivity contribution in [2.75, 3.05) is 39.6 Å². The highest BCUT2D eigenvalue weighted by atomic mass is 19.3. The first kappa shape index (κ1) is 19.4. The Labute approximate surface area is 163 Å². The molecule has 0 aromatic heterocycles. The SMILES string of the molecule is CC[C@@H]1CN(C(=O)c2ccc3c(c2)OCO3)[C@H](CO)[C@@H]1CN1CCC(F)(F)C1. The van der Waals surface area contributed by atoms with Gasteiger partial charge in [0.05, 0.1) is 19.2 Å². The van der Waals surface area contributed by atoms with Crippen molar-refractivity contribution in [3.05, 3.63) is 23.8 Å². The quantitative estimate of drug-likeness (QED) is 0.827. The highest BCUT2D eigenvalue weighted by Crippen LogP contribution is 2.38. The predicted molar refractivity (Wildman–Crippen MR) is 97.8 cm³/mol. The zero-order valence-electron chi connectivity index (χ0n) is 15.9. The number of amides is 1. The molecule has 1 aromatic carbocycles. The van der Waals surface area contributed by atoms with Gasteiger partial charge < -0.3 is 19.5 Å². The molecule has 2 saturated heterocycles. The second kappa shape index (κ2) is 7.48. The van der Waals surface area contributed by atoms with Crippen molar-refractivity contribution in [2.45, 2.75) is 31.7 Å². The highest BCUT2D eigenvalue weighted by Gasteiger charge is 2.46. The summed E-state index contributed by atoms with van der Waals surface area (Å²) in [4.78, 5) is 16.6. The Morgan fingerprint density at radius 3 is 2.79 bits per heavy atom. The van der Waals surface area contributed by atoms with Gasteiger partial charge in [0.2, 0.25) is 6.79 Å².